The molecule has 0 fully saturated rings. The van der Waals surface area contributed by atoms with Gasteiger partial charge in [0.15, 0.2) is 0 Å². The maximum atomic E-state index is 10.4. The van der Waals surface area contributed by atoms with E-state index in [9.17, 15) is 4.79 Å². The molecule has 0 saturated heterocycles. The molecule has 0 bridgehead atoms. The number of hydrogen-bond acceptors (Lipinski definition) is 2. The van der Waals surface area contributed by atoms with E-state index in [0.29, 0.717) is 0 Å². The topological polar surface area (TPSA) is 49.3 Å². The normalized spacial score (nSPS) is 12.4. The summed E-state index contributed by atoms with van der Waals surface area (Å²) in [5.74, 6) is -0.830. The van der Waals surface area contributed by atoms with Crippen LogP contribution in [0.3, 0.4) is 0 Å². The number of benzene rings is 1. The van der Waals surface area contributed by atoms with Gasteiger partial charge < -0.3 is 10.4 Å². The van der Waals surface area contributed by atoms with E-state index in [2.05, 4.69) is 21.2 Å². The molecule has 82 valence electrons. The van der Waals surface area contributed by atoms with Crippen molar-refractivity contribution < 1.29 is 9.90 Å². The fourth-order valence-electron chi connectivity index (χ4n) is 1.43. The average molecular weight is 272 g/mol. The summed E-state index contributed by atoms with van der Waals surface area (Å²) >= 11 is 3.40. The van der Waals surface area contributed by atoms with Crippen LogP contribution in [0.25, 0.3) is 0 Å². The molecule has 1 aromatic rings. The van der Waals surface area contributed by atoms with E-state index in [1.807, 2.05) is 31.2 Å². The van der Waals surface area contributed by atoms with Gasteiger partial charge in [-0.3, -0.25) is 4.79 Å². The molecule has 0 aliphatic carbocycles. The summed E-state index contributed by atoms with van der Waals surface area (Å²) in [5.41, 5.74) is 1.10. The molecule has 3 nitrogen and oxygen atoms in total. The molecule has 1 unspecified atom stereocenters. The van der Waals surface area contributed by atoms with Crippen molar-refractivity contribution in [1.29, 1.82) is 0 Å². The Morgan fingerprint density at radius 2 is 2.33 bits per heavy atom. The predicted octanol–water partition coefficient (Wildman–Crippen LogP) is 2.57. The lowest BCUT2D eigenvalue weighted by Gasteiger charge is -2.16. The molecule has 2 N–H and O–H groups in total. The number of carboxylic acid groups (broad SMARTS) is 1. The number of carboxylic acids is 1. The molecule has 4 heteroatoms. The van der Waals surface area contributed by atoms with Gasteiger partial charge in [0.2, 0.25) is 0 Å². The Bertz CT molecular complexity index is 341. The van der Waals surface area contributed by atoms with E-state index in [-0.39, 0.29) is 12.6 Å². The fourth-order valence-corrected chi connectivity index (χ4v) is 1.85. The maximum Gasteiger partial charge on any atom is 0.317 e. The SMILES string of the molecule is CCC(NCC(=O)O)c1cccc(Br)c1. The molecule has 0 saturated carbocycles. The van der Waals surface area contributed by atoms with Gasteiger partial charge in [-0.1, -0.05) is 35.0 Å². The molecule has 0 amide bonds. The van der Waals surface area contributed by atoms with Crippen molar-refractivity contribution in [2.24, 2.45) is 0 Å². The van der Waals surface area contributed by atoms with Crippen molar-refractivity contribution in [1.82, 2.24) is 5.32 Å². The van der Waals surface area contributed by atoms with E-state index in [0.717, 1.165) is 16.5 Å². The standard InChI is InChI=1S/C11H14BrNO2/c1-2-10(13-7-11(14)15)8-4-3-5-9(12)6-8/h3-6,10,13H,2,7H2,1H3,(H,14,15). The van der Waals surface area contributed by atoms with Gasteiger partial charge in [-0.25, -0.2) is 0 Å². The second-order valence-corrected chi connectivity index (χ2v) is 4.21. The Morgan fingerprint density at radius 1 is 1.60 bits per heavy atom. The highest BCUT2D eigenvalue weighted by molar-refractivity contribution is 9.10. The highest BCUT2D eigenvalue weighted by atomic mass is 79.9. The van der Waals surface area contributed by atoms with E-state index in [4.69, 9.17) is 5.11 Å². The van der Waals surface area contributed by atoms with Gasteiger partial charge in [0.05, 0.1) is 6.54 Å². The third kappa shape index (κ3) is 4.01. The molecule has 0 heterocycles. The van der Waals surface area contributed by atoms with Crippen LogP contribution >= 0.6 is 15.9 Å². The van der Waals surface area contributed by atoms with Crippen LogP contribution in [0, 0.1) is 0 Å². The Kier molecular flexibility index (Phi) is 4.78. The largest absolute Gasteiger partial charge is 0.480 e. The highest BCUT2D eigenvalue weighted by Crippen LogP contribution is 2.20. The average Bonchev–Trinajstić information content (AvgIpc) is 2.18. The van der Waals surface area contributed by atoms with Crippen LogP contribution in [0.1, 0.15) is 24.9 Å². The molecule has 1 rings (SSSR count). The molecule has 1 aromatic carbocycles. The van der Waals surface area contributed by atoms with Crippen LogP contribution in [0.4, 0.5) is 0 Å². The first-order chi connectivity index (χ1) is 7.13. The third-order valence-corrected chi connectivity index (χ3v) is 2.65. The summed E-state index contributed by atoms with van der Waals surface area (Å²) in [6.45, 7) is 2.02. The smallest absolute Gasteiger partial charge is 0.317 e. The second-order valence-electron chi connectivity index (χ2n) is 3.29. The molecular weight excluding hydrogens is 258 g/mol. The molecular formula is C11H14BrNO2. The zero-order valence-corrected chi connectivity index (χ0v) is 10.1. The summed E-state index contributed by atoms with van der Waals surface area (Å²) in [6, 6.07) is 7.99. The van der Waals surface area contributed by atoms with Crippen LogP contribution in [0.5, 0.6) is 0 Å². The number of carbonyl (C=O) groups is 1. The molecule has 0 aliphatic heterocycles. The van der Waals surface area contributed by atoms with Gasteiger partial charge in [0, 0.05) is 10.5 Å². The minimum atomic E-state index is -0.830. The van der Waals surface area contributed by atoms with Crippen LogP contribution in [-0.2, 0) is 4.79 Å². The van der Waals surface area contributed by atoms with Gasteiger partial charge in [-0.05, 0) is 24.1 Å². The van der Waals surface area contributed by atoms with Gasteiger partial charge in [0.1, 0.15) is 0 Å². The van der Waals surface area contributed by atoms with Gasteiger partial charge in [0.25, 0.3) is 0 Å². The van der Waals surface area contributed by atoms with E-state index < -0.39 is 5.97 Å². The first-order valence-corrected chi connectivity index (χ1v) is 5.63. The second kappa shape index (κ2) is 5.88. The number of halogens is 1. The van der Waals surface area contributed by atoms with E-state index >= 15 is 0 Å². The van der Waals surface area contributed by atoms with Gasteiger partial charge in [-0.15, -0.1) is 0 Å². The molecule has 0 aromatic heterocycles. The summed E-state index contributed by atoms with van der Waals surface area (Å²) in [5, 5.41) is 11.6. The molecule has 15 heavy (non-hydrogen) atoms. The van der Waals surface area contributed by atoms with Crippen molar-refractivity contribution in [2.45, 2.75) is 19.4 Å². The van der Waals surface area contributed by atoms with Crippen molar-refractivity contribution in [3.63, 3.8) is 0 Å². The van der Waals surface area contributed by atoms with Crippen molar-refractivity contribution in [3.8, 4) is 0 Å². The van der Waals surface area contributed by atoms with Crippen LogP contribution < -0.4 is 5.32 Å². The number of aliphatic carboxylic acids is 1. The zero-order chi connectivity index (χ0) is 11.3. The monoisotopic (exact) mass is 271 g/mol. The molecule has 0 aliphatic rings. The van der Waals surface area contributed by atoms with Crippen molar-refractivity contribution in [2.75, 3.05) is 6.54 Å². The predicted molar refractivity (Wildman–Crippen MR) is 62.8 cm³/mol. The van der Waals surface area contributed by atoms with E-state index in [1.54, 1.807) is 0 Å². The van der Waals surface area contributed by atoms with Crippen LogP contribution in [-0.4, -0.2) is 17.6 Å². The number of hydrogen-bond donors (Lipinski definition) is 2. The number of rotatable bonds is 5. The summed E-state index contributed by atoms with van der Waals surface area (Å²) in [6.07, 6.45) is 0.865. The number of nitrogens with one attached hydrogen (secondary N) is 1. The van der Waals surface area contributed by atoms with Gasteiger partial charge >= 0.3 is 5.97 Å². The minimum Gasteiger partial charge on any atom is -0.480 e. The fraction of sp³-hybridized carbons (Fsp3) is 0.364. The first kappa shape index (κ1) is 12.2. The van der Waals surface area contributed by atoms with Gasteiger partial charge in [-0.2, -0.15) is 0 Å². The zero-order valence-electron chi connectivity index (χ0n) is 8.53. The minimum absolute atomic E-state index is 0.00891. The highest BCUT2D eigenvalue weighted by Gasteiger charge is 2.09. The Morgan fingerprint density at radius 3 is 2.87 bits per heavy atom. The van der Waals surface area contributed by atoms with Crippen LogP contribution in [0.15, 0.2) is 28.7 Å². The summed E-state index contributed by atoms with van der Waals surface area (Å²) in [4.78, 5) is 10.4. The maximum absolute atomic E-state index is 10.4. The molecule has 0 radical (unpaired) electrons. The first-order valence-electron chi connectivity index (χ1n) is 4.84. The third-order valence-electron chi connectivity index (χ3n) is 2.16. The lowest BCUT2D eigenvalue weighted by atomic mass is 10.0. The lowest BCUT2D eigenvalue weighted by Crippen LogP contribution is -2.26. The molecule has 1 atom stereocenters. The Labute approximate surface area is 97.6 Å². The lowest BCUT2D eigenvalue weighted by molar-refractivity contribution is -0.136. The van der Waals surface area contributed by atoms with Crippen LogP contribution in [0.2, 0.25) is 0 Å². The Hall–Kier alpha value is -0.870. The van der Waals surface area contributed by atoms with E-state index in [1.165, 1.54) is 0 Å². The summed E-state index contributed by atoms with van der Waals surface area (Å²) < 4.78 is 1.01. The quantitative estimate of drug-likeness (QED) is 0.866. The Balaban J connectivity index is 2.69. The van der Waals surface area contributed by atoms with Crippen molar-refractivity contribution in [3.05, 3.63) is 34.3 Å². The summed E-state index contributed by atoms with van der Waals surface area (Å²) in [7, 11) is 0. The van der Waals surface area contributed by atoms with Crippen molar-refractivity contribution >= 4 is 21.9 Å². The molecule has 0 spiro atoms.